The van der Waals surface area contributed by atoms with Crippen molar-refractivity contribution in [1.82, 2.24) is 20.2 Å². The zero-order chi connectivity index (χ0) is 20.8. The molecule has 0 spiro atoms. The monoisotopic (exact) mass is 440 g/mol. The first-order valence-electron chi connectivity index (χ1n) is 8.57. The highest BCUT2D eigenvalue weighted by molar-refractivity contribution is 7.16. The Morgan fingerprint density at radius 3 is 2.55 bits per heavy atom. The SMILES string of the molecule is Cc1nc(C)c(-c2csc(NC(=O)C3CN(c4ccc(C(F)(F)F)nn4)C3)n2)s1. The summed E-state index contributed by atoms with van der Waals surface area (Å²) in [6, 6.07) is 2.15. The minimum absolute atomic E-state index is 0.181. The maximum Gasteiger partial charge on any atom is 0.435 e. The van der Waals surface area contributed by atoms with Crippen LogP contribution in [0.1, 0.15) is 16.4 Å². The fourth-order valence-electron chi connectivity index (χ4n) is 2.89. The molecule has 0 atom stereocenters. The van der Waals surface area contributed by atoms with Gasteiger partial charge in [-0.05, 0) is 26.0 Å². The number of alkyl halides is 3. The molecule has 4 heterocycles. The number of carbonyl (C=O) groups excluding carboxylic acids is 1. The lowest BCUT2D eigenvalue weighted by Gasteiger charge is -2.38. The topological polar surface area (TPSA) is 83.9 Å². The van der Waals surface area contributed by atoms with Gasteiger partial charge in [-0.1, -0.05) is 0 Å². The van der Waals surface area contributed by atoms with Gasteiger partial charge in [0.15, 0.2) is 16.6 Å². The van der Waals surface area contributed by atoms with Crippen molar-refractivity contribution < 1.29 is 18.0 Å². The standard InChI is InChI=1S/C17H15F3N6OS2/c1-8-14(29-9(2)21-8)11-7-28-16(22-11)23-15(27)10-5-26(6-10)13-4-3-12(24-25-13)17(18,19)20/h3-4,7,10H,5-6H2,1-2H3,(H,22,23,27). The van der Waals surface area contributed by atoms with E-state index in [9.17, 15) is 18.0 Å². The molecule has 1 aliphatic heterocycles. The Balaban J connectivity index is 1.34. The second kappa shape index (κ2) is 7.34. The zero-order valence-electron chi connectivity index (χ0n) is 15.3. The molecular formula is C17H15F3N6OS2. The molecule has 1 N–H and O–H groups in total. The fraction of sp³-hybridized carbons (Fsp3) is 0.353. The van der Waals surface area contributed by atoms with E-state index < -0.39 is 11.9 Å². The van der Waals surface area contributed by atoms with Crippen molar-refractivity contribution in [3.63, 3.8) is 0 Å². The van der Waals surface area contributed by atoms with E-state index >= 15 is 0 Å². The van der Waals surface area contributed by atoms with Gasteiger partial charge in [0.1, 0.15) is 0 Å². The molecule has 1 aliphatic rings. The van der Waals surface area contributed by atoms with Crippen LogP contribution in [0, 0.1) is 19.8 Å². The van der Waals surface area contributed by atoms with Crippen molar-refractivity contribution in [3.8, 4) is 10.6 Å². The van der Waals surface area contributed by atoms with Gasteiger partial charge in [0.05, 0.1) is 27.2 Å². The first kappa shape index (κ1) is 19.7. The highest BCUT2D eigenvalue weighted by Gasteiger charge is 2.36. The second-order valence-corrected chi connectivity index (χ2v) is 8.61. The maximum absolute atomic E-state index is 12.5. The number of aromatic nitrogens is 4. The van der Waals surface area contributed by atoms with Crippen LogP contribution in [0.15, 0.2) is 17.5 Å². The first-order chi connectivity index (χ1) is 13.7. The largest absolute Gasteiger partial charge is 0.435 e. The third-order valence-electron chi connectivity index (χ3n) is 4.39. The van der Waals surface area contributed by atoms with Crippen LogP contribution in [0.4, 0.5) is 24.1 Å². The van der Waals surface area contributed by atoms with E-state index in [-0.39, 0.29) is 11.8 Å². The summed E-state index contributed by atoms with van der Waals surface area (Å²) in [6.07, 6.45) is -4.52. The molecule has 0 saturated carbocycles. The quantitative estimate of drug-likeness (QED) is 0.665. The molecule has 12 heteroatoms. The number of rotatable bonds is 4. The van der Waals surface area contributed by atoms with Gasteiger partial charge in [-0.25, -0.2) is 9.97 Å². The zero-order valence-corrected chi connectivity index (χ0v) is 17.0. The van der Waals surface area contributed by atoms with E-state index in [0.29, 0.717) is 24.0 Å². The second-order valence-electron chi connectivity index (χ2n) is 6.55. The molecule has 152 valence electrons. The third-order valence-corrected chi connectivity index (χ3v) is 6.24. The Kier molecular flexibility index (Phi) is 4.99. The van der Waals surface area contributed by atoms with Gasteiger partial charge in [0.2, 0.25) is 5.91 Å². The Labute approximate surface area is 171 Å². The molecule has 7 nitrogen and oxygen atoms in total. The summed E-state index contributed by atoms with van der Waals surface area (Å²) in [6.45, 7) is 4.57. The van der Waals surface area contributed by atoms with Crippen molar-refractivity contribution >= 4 is 39.5 Å². The highest BCUT2D eigenvalue weighted by Crippen LogP contribution is 2.33. The molecule has 0 bridgehead atoms. The van der Waals surface area contributed by atoms with Crippen molar-refractivity contribution in [3.05, 3.63) is 33.9 Å². The van der Waals surface area contributed by atoms with Crippen LogP contribution in [0.5, 0.6) is 0 Å². The van der Waals surface area contributed by atoms with Crippen molar-refractivity contribution in [1.29, 1.82) is 0 Å². The average molecular weight is 440 g/mol. The number of nitrogens with one attached hydrogen (secondary N) is 1. The van der Waals surface area contributed by atoms with E-state index in [0.717, 1.165) is 27.3 Å². The van der Waals surface area contributed by atoms with E-state index in [1.165, 1.54) is 17.4 Å². The van der Waals surface area contributed by atoms with Crippen molar-refractivity contribution in [2.75, 3.05) is 23.3 Å². The van der Waals surface area contributed by atoms with Crippen LogP contribution in [0.2, 0.25) is 0 Å². The number of amides is 1. The molecule has 1 fully saturated rings. The summed E-state index contributed by atoms with van der Waals surface area (Å²) >= 11 is 2.89. The summed E-state index contributed by atoms with van der Waals surface area (Å²) in [5.74, 6) is -0.160. The van der Waals surface area contributed by atoms with Gasteiger partial charge in [-0.3, -0.25) is 4.79 Å². The summed E-state index contributed by atoms with van der Waals surface area (Å²) in [7, 11) is 0. The number of hydrogen-bond donors (Lipinski definition) is 1. The average Bonchev–Trinajstić information content (AvgIpc) is 3.19. The summed E-state index contributed by atoms with van der Waals surface area (Å²) in [5.41, 5.74) is 0.647. The molecule has 0 aromatic carbocycles. The Morgan fingerprint density at radius 2 is 1.97 bits per heavy atom. The van der Waals surface area contributed by atoms with Crippen LogP contribution in [-0.4, -0.2) is 39.2 Å². The molecular weight excluding hydrogens is 425 g/mol. The lowest BCUT2D eigenvalue weighted by atomic mass is 9.99. The number of nitrogens with zero attached hydrogens (tertiary/aromatic N) is 5. The van der Waals surface area contributed by atoms with Gasteiger partial charge < -0.3 is 10.2 Å². The van der Waals surface area contributed by atoms with E-state index in [1.54, 1.807) is 16.2 Å². The van der Waals surface area contributed by atoms with E-state index in [4.69, 9.17) is 0 Å². The van der Waals surface area contributed by atoms with E-state index in [1.807, 2.05) is 19.2 Å². The molecule has 4 rings (SSSR count). The lowest BCUT2D eigenvalue weighted by Crippen LogP contribution is -2.52. The third kappa shape index (κ3) is 4.08. The number of hydrogen-bond acceptors (Lipinski definition) is 8. The molecule has 3 aromatic rings. The summed E-state index contributed by atoms with van der Waals surface area (Å²) in [5, 5.41) is 12.9. The molecule has 3 aromatic heterocycles. The minimum atomic E-state index is -4.52. The number of aryl methyl sites for hydroxylation is 2. The smallest absolute Gasteiger partial charge is 0.353 e. The number of anilines is 2. The Morgan fingerprint density at radius 1 is 1.21 bits per heavy atom. The van der Waals surface area contributed by atoms with Gasteiger partial charge in [0.25, 0.3) is 0 Å². The number of carbonyl (C=O) groups is 1. The van der Waals surface area contributed by atoms with Crippen LogP contribution in [0.3, 0.4) is 0 Å². The maximum atomic E-state index is 12.5. The van der Waals surface area contributed by atoms with Crippen LogP contribution >= 0.6 is 22.7 Å². The van der Waals surface area contributed by atoms with Gasteiger partial charge in [0, 0.05) is 18.5 Å². The molecule has 0 aliphatic carbocycles. The number of halogens is 3. The van der Waals surface area contributed by atoms with Crippen LogP contribution in [0.25, 0.3) is 10.6 Å². The van der Waals surface area contributed by atoms with Gasteiger partial charge >= 0.3 is 6.18 Å². The van der Waals surface area contributed by atoms with Crippen LogP contribution < -0.4 is 10.2 Å². The van der Waals surface area contributed by atoms with Gasteiger partial charge in [-0.2, -0.15) is 13.2 Å². The van der Waals surface area contributed by atoms with Crippen molar-refractivity contribution in [2.45, 2.75) is 20.0 Å². The molecule has 1 amide bonds. The molecule has 0 unspecified atom stereocenters. The highest BCUT2D eigenvalue weighted by atomic mass is 32.1. The molecule has 29 heavy (non-hydrogen) atoms. The van der Waals surface area contributed by atoms with Gasteiger partial charge in [-0.15, -0.1) is 32.9 Å². The van der Waals surface area contributed by atoms with Crippen LogP contribution in [-0.2, 0) is 11.0 Å². The Bertz CT molecular complexity index is 1040. The number of thiazole rings is 2. The predicted molar refractivity (Wildman–Crippen MR) is 104 cm³/mol. The normalized spacial score (nSPS) is 14.7. The van der Waals surface area contributed by atoms with Crippen molar-refractivity contribution in [2.24, 2.45) is 5.92 Å². The van der Waals surface area contributed by atoms with E-state index in [2.05, 4.69) is 25.5 Å². The summed E-state index contributed by atoms with van der Waals surface area (Å²) < 4.78 is 37.6. The minimum Gasteiger partial charge on any atom is -0.353 e. The molecule has 1 saturated heterocycles. The predicted octanol–water partition coefficient (Wildman–Crippen LogP) is 3.77. The lowest BCUT2D eigenvalue weighted by molar-refractivity contribution is -0.141. The molecule has 0 radical (unpaired) electrons. The Hall–Kier alpha value is -2.60. The summed E-state index contributed by atoms with van der Waals surface area (Å²) in [4.78, 5) is 23.9. The first-order valence-corrected chi connectivity index (χ1v) is 10.3. The fourth-order valence-corrected chi connectivity index (χ4v) is 4.55.